The molecule has 1 atom stereocenters. The maximum atomic E-state index is 10.7. The van der Waals surface area contributed by atoms with E-state index in [4.69, 9.17) is 5.11 Å². The SMILES string of the molecule is CCn1nc(C)cc1[C@H]1CCCN1CCC(=O)O. The van der Waals surface area contributed by atoms with Gasteiger partial charge in [0.25, 0.3) is 0 Å². The van der Waals surface area contributed by atoms with Crippen molar-refractivity contribution in [3.63, 3.8) is 0 Å². The van der Waals surface area contributed by atoms with E-state index in [1.165, 1.54) is 5.69 Å². The van der Waals surface area contributed by atoms with Crippen LogP contribution in [0.25, 0.3) is 0 Å². The largest absolute Gasteiger partial charge is 0.481 e. The average molecular weight is 251 g/mol. The second-order valence-corrected chi connectivity index (χ2v) is 4.86. The van der Waals surface area contributed by atoms with Gasteiger partial charge >= 0.3 is 5.97 Å². The maximum absolute atomic E-state index is 10.7. The van der Waals surface area contributed by atoms with Gasteiger partial charge in [-0.2, -0.15) is 5.10 Å². The fraction of sp³-hybridized carbons (Fsp3) is 0.692. The lowest BCUT2D eigenvalue weighted by Crippen LogP contribution is -2.27. The van der Waals surface area contributed by atoms with Gasteiger partial charge in [0, 0.05) is 13.1 Å². The lowest BCUT2D eigenvalue weighted by Gasteiger charge is -2.24. The Bertz CT molecular complexity index is 428. The molecule has 0 bridgehead atoms. The van der Waals surface area contributed by atoms with Gasteiger partial charge < -0.3 is 5.11 Å². The third-order valence-corrected chi connectivity index (χ3v) is 3.55. The fourth-order valence-corrected chi connectivity index (χ4v) is 2.76. The van der Waals surface area contributed by atoms with E-state index in [1.54, 1.807) is 0 Å². The normalized spacial score (nSPS) is 20.4. The molecule has 1 aromatic rings. The topological polar surface area (TPSA) is 58.4 Å². The van der Waals surface area contributed by atoms with Crippen molar-refractivity contribution in [1.82, 2.24) is 14.7 Å². The summed E-state index contributed by atoms with van der Waals surface area (Å²) in [6.45, 7) is 6.59. The molecule has 100 valence electrons. The molecule has 0 saturated carbocycles. The quantitative estimate of drug-likeness (QED) is 0.867. The molecule has 0 amide bonds. The summed E-state index contributed by atoms with van der Waals surface area (Å²) in [6, 6.07) is 2.47. The number of aliphatic carboxylic acids is 1. The number of hydrogen-bond donors (Lipinski definition) is 1. The van der Waals surface area contributed by atoms with Crippen LogP contribution in [0.4, 0.5) is 0 Å². The minimum absolute atomic E-state index is 0.218. The maximum Gasteiger partial charge on any atom is 0.304 e. The van der Waals surface area contributed by atoms with Crippen LogP contribution >= 0.6 is 0 Å². The number of likely N-dealkylation sites (tertiary alicyclic amines) is 1. The Morgan fingerprint density at radius 1 is 1.61 bits per heavy atom. The predicted octanol–water partition coefficient (Wildman–Crippen LogP) is 1.82. The minimum atomic E-state index is -0.721. The molecule has 0 spiro atoms. The molecular formula is C13H21N3O2. The molecule has 2 heterocycles. The summed E-state index contributed by atoms with van der Waals surface area (Å²) in [5.74, 6) is -0.721. The molecule has 5 heteroatoms. The zero-order valence-electron chi connectivity index (χ0n) is 11.1. The monoisotopic (exact) mass is 251 g/mol. The van der Waals surface area contributed by atoms with E-state index in [9.17, 15) is 4.79 Å². The van der Waals surface area contributed by atoms with Crippen LogP contribution in [0.3, 0.4) is 0 Å². The van der Waals surface area contributed by atoms with E-state index in [0.29, 0.717) is 12.6 Å². The highest BCUT2D eigenvalue weighted by Crippen LogP contribution is 2.32. The van der Waals surface area contributed by atoms with E-state index < -0.39 is 5.97 Å². The first-order valence-corrected chi connectivity index (χ1v) is 6.62. The summed E-state index contributed by atoms with van der Waals surface area (Å²) in [5.41, 5.74) is 2.27. The van der Waals surface area contributed by atoms with Crippen molar-refractivity contribution in [1.29, 1.82) is 0 Å². The van der Waals surface area contributed by atoms with Gasteiger partial charge in [0.15, 0.2) is 0 Å². The molecule has 1 aliphatic heterocycles. The summed E-state index contributed by atoms with van der Waals surface area (Å²) in [4.78, 5) is 13.0. The molecule has 0 unspecified atom stereocenters. The Morgan fingerprint density at radius 2 is 2.39 bits per heavy atom. The van der Waals surface area contributed by atoms with Gasteiger partial charge in [-0.1, -0.05) is 0 Å². The van der Waals surface area contributed by atoms with Gasteiger partial charge in [-0.3, -0.25) is 14.4 Å². The van der Waals surface area contributed by atoms with E-state index in [1.807, 2.05) is 11.6 Å². The van der Waals surface area contributed by atoms with Crippen LogP contribution in [0.2, 0.25) is 0 Å². The van der Waals surface area contributed by atoms with Crippen molar-refractivity contribution in [3.05, 3.63) is 17.5 Å². The van der Waals surface area contributed by atoms with E-state index in [0.717, 1.165) is 31.6 Å². The highest BCUT2D eigenvalue weighted by molar-refractivity contribution is 5.66. The number of carboxylic acid groups (broad SMARTS) is 1. The third-order valence-electron chi connectivity index (χ3n) is 3.55. The van der Waals surface area contributed by atoms with Gasteiger partial charge in [0.1, 0.15) is 0 Å². The van der Waals surface area contributed by atoms with Crippen molar-refractivity contribution in [2.45, 2.75) is 45.7 Å². The molecule has 0 radical (unpaired) electrons. The highest BCUT2D eigenvalue weighted by atomic mass is 16.4. The predicted molar refractivity (Wildman–Crippen MR) is 68.4 cm³/mol. The second-order valence-electron chi connectivity index (χ2n) is 4.86. The zero-order valence-corrected chi connectivity index (χ0v) is 11.1. The van der Waals surface area contributed by atoms with Crippen LogP contribution in [0.5, 0.6) is 0 Å². The van der Waals surface area contributed by atoms with Crippen LogP contribution < -0.4 is 0 Å². The summed E-state index contributed by atoms with van der Waals surface area (Å²) in [7, 11) is 0. The molecule has 0 aromatic carbocycles. The van der Waals surface area contributed by atoms with E-state index >= 15 is 0 Å². The lowest BCUT2D eigenvalue weighted by molar-refractivity contribution is -0.137. The smallest absolute Gasteiger partial charge is 0.304 e. The van der Waals surface area contributed by atoms with Crippen molar-refractivity contribution < 1.29 is 9.90 Å². The average Bonchev–Trinajstić information content (AvgIpc) is 2.91. The van der Waals surface area contributed by atoms with Gasteiger partial charge in [0.05, 0.1) is 23.9 Å². The summed E-state index contributed by atoms with van der Waals surface area (Å²) >= 11 is 0. The van der Waals surface area contributed by atoms with E-state index in [-0.39, 0.29) is 6.42 Å². The van der Waals surface area contributed by atoms with Gasteiger partial charge in [-0.15, -0.1) is 0 Å². The first-order chi connectivity index (χ1) is 8.61. The number of aryl methyl sites for hydroxylation is 2. The lowest BCUT2D eigenvalue weighted by atomic mass is 10.1. The van der Waals surface area contributed by atoms with Crippen LogP contribution in [0.1, 0.15) is 43.6 Å². The second kappa shape index (κ2) is 5.52. The summed E-state index contributed by atoms with van der Waals surface area (Å²) < 4.78 is 2.04. The Kier molecular flexibility index (Phi) is 4.01. The molecule has 1 aromatic heterocycles. The number of carboxylic acids is 1. The Balaban J connectivity index is 2.12. The van der Waals surface area contributed by atoms with Gasteiger partial charge in [-0.25, -0.2) is 0 Å². The number of aromatic nitrogens is 2. The number of hydrogen-bond acceptors (Lipinski definition) is 3. The van der Waals surface area contributed by atoms with Crippen LogP contribution in [-0.2, 0) is 11.3 Å². The number of rotatable bonds is 5. The molecule has 1 saturated heterocycles. The first-order valence-electron chi connectivity index (χ1n) is 6.62. The van der Waals surface area contributed by atoms with Gasteiger partial charge in [-0.05, 0) is 39.3 Å². The van der Waals surface area contributed by atoms with Crippen molar-refractivity contribution in [2.24, 2.45) is 0 Å². The van der Waals surface area contributed by atoms with Crippen molar-refractivity contribution >= 4 is 5.97 Å². The molecule has 1 N–H and O–H groups in total. The Morgan fingerprint density at radius 3 is 3.06 bits per heavy atom. The van der Waals surface area contributed by atoms with Crippen molar-refractivity contribution in [2.75, 3.05) is 13.1 Å². The first kappa shape index (κ1) is 13.1. The Labute approximate surface area is 107 Å². The van der Waals surface area contributed by atoms with Crippen LogP contribution in [0.15, 0.2) is 6.07 Å². The molecule has 1 aliphatic rings. The van der Waals surface area contributed by atoms with Crippen molar-refractivity contribution in [3.8, 4) is 0 Å². The molecular weight excluding hydrogens is 230 g/mol. The summed E-state index contributed by atoms with van der Waals surface area (Å²) in [6.07, 6.45) is 2.46. The van der Waals surface area contributed by atoms with Crippen LogP contribution in [0, 0.1) is 6.92 Å². The minimum Gasteiger partial charge on any atom is -0.481 e. The Hall–Kier alpha value is -1.36. The molecule has 1 fully saturated rings. The molecule has 18 heavy (non-hydrogen) atoms. The number of carbonyl (C=O) groups is 1. The van der Waals surface area contributed by atoms with Crippen LogP contribution in [-0.4, -0.2) is 38.8 Å². The van der Waals surface area contributed by atoms with Gasteiger partial charge in [0.2, 0.25) is 0 Å². The van der Waals surface area contributed by atoms with E-state index in [2.05, 4.69) is 23.0 Å². The fourth-order valence-electron chi connectivity index (χ4n) is 2.76. The standard InChI is InChI=1S/C13H21N3O2/c1-3-16-12(9-10(2)14-16)11-5-4-7-15(11)8-6-13(17)18/h9,11H,3-8H2,1-2H3,(H,17,18)/t11-/m1/s1. The third kappa shape index (κ3) is 2.72. The number of nitrogens with zero attached hydrogens (tertiary/aromatic N) is 3. The zero-order chi connectivity index (χ0) is 13.1. The molecule has 5 nitrogen and oxygen atoms in total. The highest BCUT2D eigenvalue weighted by Gasteiger charge is 2.28. The molecule has 2 rings (SSSR count). The molecule has 0 aliphatic carbocycles. The summed E-state index contributed by atoms with van der Waals surface area (Å²) in [5, 5.41) is 13.3.